The van der Waals surface area contributed by atoms with Crippen molar-refractivity contribution in [3.05, 3.63) is 28.2 Å². The molecule has 0 bridgehead atoms. The summed E-state index contributed by atoms with van der Waals surface area (Å²) in [5.41, 5.74) is 7.17. The zero-order valence-electron chi connectivity index (χ0n) is 12.8. The zero-order valence-corrected chi connectivity index (χ0v) is 15.2. The fraction of sp³-hybridized carbons (Fsp3) is 0.467. The van der Waals surface area contributed by atoms with Crippen molar-refractivity contribution in [1.29, 1.82) is 0 Å². The van der Waals surface area contributed by atoms with Crippen molar-refractivity contribution in [1.82, 2.24) is 5.32 Å². The van der Waals surface area contributed by atoms with Gasteiger partial charge in [-0.15, -0.1) is 12.4 Å². The topological polar surface area (TPSA) is 93.5 Å². The summed E-state index contributed by atoms with van der Waals surface area (Å²) in [5.74, 6) is -0.536. The summed E-state index contributed by atoms with van der Waals surface area (Å²) < 4.78 is 6.43. The van der Waals surface area contributed by atoms with Crippen LogP contribution in [0.25, 0.3) is 0 Å². The van der Waals surface area contributed by atoms with Gasteiger partial charge in [-0.2, -0.15) is 0 Å². The third kappa shape index (κ3) is 5.76. The number of amides is 2. The predicted octanol–water partition coefficient (Wildman–Crippen LogP) is 1.74. The van der Waals surface area contributed by atoms with Gasteiger partial charge in [0, 0.05) is 16.7 Å². The summed E-state index contributed by atoms with van der Waals surface area (Å²) in [6, 6.07) is 5.57. The molecule has 8 heteroatoms. The van der Waals surface area contributed by atoms with E-state index < -0.39 is 6.10 Å². The molecule has 0 spiro atoms. The first-order valence-electron chi connectivity index (χ1n) is 7.19. The van der Waals surface area contributed by atoms with Gasteiger partial charge in [0.2, 0.25) is 11.8 Å². The molecule has 1 heterocycles. The van der Waals surface area contributed by atoms with Crippen LogP contribution in [0.15, 0.2) is 22.7 Å². The quantitative estimate of drug-likeness (QED) is 0.694. The van der Waals surface area contributed by atoms with Gasteiger partial charge in [0.25, 0.3) is 0 Å². The standard InChI is InChI=1S/C15H20BrN3O3.ClH/c1-9-6-10(16)2-4-12(9)19-14(20)8-18-15(21)13-5-3-11(7-17)22-13;/h2,4,6,11,13H,3,5,7-8,17H2,1H3,(H,18,21)(H,19,20);1H/t11-,13+;/m1./s1. The van der Waals surface area contributed by atoms with Crippen molar-refractivity contribution >= 4 is 45.8 Å². The van der Waals surface area contributed by atoms with E-state index in [0.717, 1.165) is 22.1 Å². The summed E-state index contributed by atoms with van der Waals surface area (Å²) in [5, 5.41) is 5.36. The second-order valence-electron chi connectivity index (χ2n) is 5.29. The molecule has 1 aromatic carbocycles. The van der Waals surface area contributed by atoms with Crippen LogP contribution in [0.4, 0.5) is 5.69 Å². The molecular formula is C15H21BrClN3O3. The van der Waals surface area contributed by atoms with Crippen molar-refractivity contribution in [2.75, 3.05) is 18.4 Å². The Hall–Kier alpha value is -1.15. The summed E-state index contributed by atoms with van der Waals surface area (Å²) in [7, 11) is 0. The first-order valence-corrected chi connectivity index (χ1v) is 7.98. The van der Waals surface area contributed by atoms with Crippen LogP contribution in [0.5, 0.6) is 0 Å². The van der Waals surface area contributed by atoms with Gasteiger partial charge in [-0.1, -0.05) is 15.9 Å². The molecule has 2 rings (SSSR count). The van der Waals surface area contributed by atoms with Gasteiger partial charge in [0.15, 0.2) is 0 Å². The minimum absolute atomic E-state index is 0. The van der Waals surface area contributed by atoms with Gasteiger partial charge in [0.05, 0.1) is 12.6 Å². The Morgan fingerprint density at radius 3 is 2.74 bits per heavy atom. The number of hydrogen-bond donors (Lipinski definition) is 3. The lowest BCUT2D eigenvalue weighted by molar-refractivity contribution is -0.133. The lowest BCUT2D eigenvalue weighted by atomic mass is 10.2. The van der Waals surface area contributed by atoms with Gasteiger partial charge >= 0.3 is 0 Å². The number of benzene rings is 1. The van der Waals surface area contributed by atoms with Crippen LogP contribution in [0.3, 0.4) is 0 Å². The molecule has 1 saturated heterocycles. The minimum atomic E-state index is -0.504. The molecule has 1 fully saturated rings. The number of hydrogen-bond acceptors (Lipinski definition) is 4. The summed E-state index contributed by atoms with van der Waals surface area (Å²) in [6.45, 7) is 2.23. The van der Waals surface area contributed by atoms with Crippen molar-refractivity contribution in [3.63, 3.8) is 0 Å². The van der Waals surface area contributed by atoms with E-state index in [1.54, 1.807) is 0 Å². The summed E-state index contributed by atoms with van der Waals surface area (Å²) in [4.78, 5) is 23.8. The van der Waals surface area contributed by atoms with E-state index in [1.165, 1.54) is 0 Å². The van der Waals surface area contributed by atoms with Crippen LogP contribution >= 0.6 is 28.3 Å². The molecule has 0 aliphatic carbocycles. The van der Waals surface area contributed by atoms with E-state index in [1.807, 2.05) is 25.1 Å². The van der Waals surface area contributed by atoms with Crippen molar-refractivity contribution in [2.45, 2.75) is 32.0 Å². The lowest BCUT2D eigenvalue weighted by Gasteiger charge is -2.13. The van der Waals surface area contributed by atoms with Crippen LogP contribution < -0.4 is 16.4 Å². The van der Waals surface area contributed by atoms with Gasteiger partial charge in [-0.05, 0) is 43.5 Å². The highest BCUT2D eigenvalue weighted by Gasteiger charge is 2.29. The minimum Gasteiger partial charge on any atom is -0.364 e. The smallest absolute Gasteiger partial charge is 0.249 e. The fourth-order valence-electron chi connectivity index (χ4n) is 2.31. The average Bonchev–Trinajstić information content (AvgIpc) is 2.97. The van der Waals surface area contributed by atoms with Gasteiger partial charge < -0.3 is 21.1 Å². The monoisotopic (exact) mass is 405 g/mol. The maximum absolute atomic E-state index is 11.9. The average molecular weight is 407 g/mol. The zero-order chi connectivity index (χ0) is 16.1. The number of carbonyl (C=O) groups excluding carboxylic acids is 2. The highest BCUT2D eigenvalue weighted by atomic mass is 79.9. The highest BCUT2D eigenvalue weighted by Crippen LogP contribution is 2.20. The number of nitrogens with one attached hydrogen (secondary N) is 2. The second kappa shape index (κ2) is 9.22. The van der Waals surface area contributed by atoms with Crippen molar-refractivity contribution in [3.8, 4) is 0 Å². The highest BCUT2D eigenvalue weighted by molar-refractivity contribution is 9.10. The van der Waals surface area contributed by atoms with E-state index >= 15 is 0 Å². The molecule has 6 nitrogen and oxygen atoms in total. The van der Waals surface area contributed by atoms with Crippen molar-refractivity contribution in [2.24, 2.45) is 5.73 Å². The third-order valence-corrected chi connectivity index (χ3v) is 4.04. The summed E-state index contributed by atoms with van der Waals surface area (Å²) >= 11 is 3.37. The molecule has 2 amide bonds. The molecule has 0 unspecified atom stereocenters. The van der Waals surface area contributed by atoms with E-state index in [9.17, 15) is 9.59 Å². The Labute approximate surface area is 150 Å². The Morgan fingerprint density at radius 2 is 2.13 bits per heavy atom. The second-order valence-corrected chi connectivity index (χ2v) is 6.20. The number of nitrogens with two attached hydrogens (primary N) is 1. The van der Waals surface area contributed by atoms with Gasteiger partial charge in [-0.25, -0.2) is 0 Å². The molecule has 1 aliphatic rings. The number of rotatable bonds is 5. The van der Waals surface area contributed by atoms with Crippen LogP contribution in [-0.2, 0) is 14.3 Å². The first-order chi connectivity index (χ1) is 10.5. The number of anilines is 1. The van der Waals surface area contributed by atoms with Gasteiger partial charge in [0.1, 0.15) is 6.10 Å². The maximum atomic E-state index is 11.9. The molecule has 23 heavy (non-hydrogen) atoms. The molecule has 0 radical (unpaired) electrons. The number of aryl methyl sites for hydroxylation is 1. The number of ether oxygens (including phenoxy) is 1. The molecule has 0 saturated carbocycles. The first kappa shape index (κ1) is 19.9. The summed E-state index contributed by atoms with van der Waals surface area (Å²) in [6.07, 6.45) is 0.853. The fourth-order valence-corrected chi connectivity index (χ4v) is 2.79. The predicted molar refractivity (Wildman–Crippen MR) is 94.7 cm³/mol. The third-order valence-electron chi connectivity index (χ3n) is 3.55. The Morgan fingerprint density at radius 1 is 1.39 bits per heavy atom. The maximum Gasteiger partial charge on any atom is 0.249 e. The molecule has 0 aromatic heterocycles. The Balaban J connectivity index is 0.00000264. The molecule has 128 valence electrons. The van der Waals surface area contributed by atoms with Crippen LogP contribution in [-0.4, -0.2) is 37.1 Å². The van der Waals surface area contributed by atoms with E-state index in [2.05, 4.69) is 26.6 Å². The van der Waals surface area contributed by atoms with E-state index in [0.29, 0.717) is 13.0 Å². The van der Waals surface area contributed by atoms with E-state index in [-0.39, 0.29) is 36.9 Å². The van der Waals surface area contributed by atoms with Crippen LogP contribution in [0.1, 0.15) is 18.4 Å². The van der Waals surface area contributed by atoms with Crippen LogP contribution in [0, 0.1) is 6.92 Å². The van der Waals surface area contributed by atoms with Gasteiger partial charge in [-0.3, -0.25) is 9.59 Å². The van der Waals surface area contributed by atoms with Crippen LogP contribution in [0.2, 0.25) is 0 Å². The normalized spacial score (nSPS) is 19.8. The molecule has 4 N–H and O–H groups in total. The van der Waals surface area contributed by atoms with E-state index in [4.69, 9.17) is 10.5 Å². The molecule has 1 aromatic rings. The largest absolute Gasteiger partial charge is 0.364 e. The number of carbonyl (C=O) groups is 2. The Bertz CT molecular complexity index is 571. The molecular weight excluding hydrogens is 386 g/mol. The lowest BCUT2D eigenvalue weighted by Crippen LogP contribution is -2.39. The SMILES string of the molecule is Cc1cc(Br)ccc1NC(=O)CNC(=O)[C@@H]1CC[C@H](CN)O1.Cl. The number of halogens is 2. The van der Waals surface area contributed by atoms with Crippen molar-refractivity contribution < 1.29 is 14.3 Å². The molecule has 2 atom stereocenters. The Kier molecular flexibility index (Phi) is 7.98. The molecule has 1 aliphatic heterocycles.